The van der Waals surface area contributed by atoms with Crippen LogP contribution in [0.3, 0.4) is 0 Å². The number of esters is 4. The van der Waals surface area contributed by atoms with Gasteiger partial charge < -0.3 is 9.47 Å². The van der Waals surface area contributed by atoms with Crippen LogP contribution in [0.1, 0.15) is 25.7 Å². The normalized spacial score (nSPS) is 46.4. The van der Waals surface area contributed by atoms with Gasteiger partial charge >= 0.3 is 23.9 Å². The molecule has 2 saturated heterocycles. The number of hydrogen-bond acceptors (Lipinski definition) is 6. The van der Waals surface area contributed by atoms with Crippen LogP contribution < -0.4 is 0 Å². The maximum Gasteiger partial charge on any atom is 0.316 e. The molecule has 0 amide bonds. The van der Waals surface area contributed by atoms with E-state index in [2.05, 4.69) is 0 Å². The summed E-state index contributed by atoms with van der Waals surface area (Å²) in [6.45, 7) is 0. The van der Waals surface area contributed by atoms with Gasteiger partial charge in [-0.3, -0.25) is 19.2 Å². The smallest absolute Gasteiger partial charge is 0.316 e. The molecule has 0 radical (unpaired) electrons. The van der Waals surface area contributed by atoms with Gasteiger partial charge in [0, 0.05) is 0 Å². The first-order valence-electron chi connectivity index (χ1n) is 7.09. The molecule has 4 fully saturated rings. The van der Waals surface area contributed by atoms with Crippen molar-refractivity contribution in [3.63, 3.8) is 0 Å². The quantitative estimate of drug-likeness (QED) is 0.472. The van der Waals surface area contributed by atoms with Crippen LogP contribution in [0.25, 0.3) is 0 Å². The first-order chi connectivity index (χ1) is 9.58. The molecule has 2 saturated carbocycles. The van der Waals surface area contributed by atoms with Gasteiger partial charge in [-0.15, -0.1) is 0 Å². The highest BCUT2D eigenvalue weighted by Crippen LogP contribution is 2.56. The minimum Gasteiger partial charge on any atom is -0.393 e. The van der Waals surface area contributed by atoms with Gasteiger partial charge in [0.2, 0.25) is 0 Å². The highest BCUT2D eigenvalue weighted by molar-refractivity contribution is 5.95. The summed E-state index contributed by atoms with van der Waals surface area (Å²) in [6, 6.07) is 0. The fourth-order valence-corrected chi connectivity index (χ4v) is 4.72. The Hall–Kier alpha value is -1.72. The molecule has 6 heteroatoms. The molecule has 6 nitrogen and oxygen atoms in total. The number of cyclic esters (lactones) is 4. The Labute approximate surface area is 114 Å². The predicted molar refractivity (Wildman–Crippen MR) is 61.6 cm³/mol. The average Bonchev–Trinajstić information content (AvgIpc) is 2.42. The number of hydrogen-bond donors (Lipinski definition) is 0. The third-order valence-electron chi connectivity index (χ3n) is 5.49. The molecule has 2 aliphatic heterocycles. The van der Waals surface area contributed by atoms with E-state index in [1.54, 1.807) is 0 Å². The van der Waals surface area contributed by atoms with Gasteiger partial charge in [0.25, 0.3) is 0 Å². The van der Waals surface area contributed by atoms with E-state index in [1.807, 2.05) is 0 Å². The van der Waals surface area contributed by atoms with E-state index in [-0.39, 0.29) is 35.5 Å². The van der Waals surface area contributed by atoms with Crippen LogP contribution in [0.4, 0.5) is 0 Å². The third-order valence-corrected chi connectivity index (χ3v) is 5.49. The van der Waals surface area contributed by atoms with Crippen molar-refractivity contribution in [2.45, 2.75) is 25.7 Å². The SMILES string of the molecule is O=C1OC(=O)[C@@H]2CC[C@H]3C(=O)OC(=O)[C@H]4CC[C@H]1C2C43. The molecule has 0 aromatic rings. The van der Waals surface area contributed by atoms with Crippen LogP contribution >= 0.6 is 0 Å². The first kappa shape index (κ1) is 12.1. The van der Waals surface area contributed by atoms with Gasteiger partial charge in [-0.25, -0.2) is 0 Å². The Morgan fingerprint density at radius 3 is 1.05 bits per heavy atom. The lowest BCUT2D eigenvalue weighted by atomic mass is 9.52. The van der Waals surface area contributed by atoms with Gasteiger partial charge in [-0.2, -0.15) is 0 Å². The molecule has 106 valence electrons. The molecule has 20 heavy (non-hydrogen) atoms. The maximum absolute atomic E-state index is 11.9. The summed E-state index contributed by atoms with van der Waals surface area (Å²) >= 11 is 0. The Bertz CT molecular complexity index is 446. The average molecular weight is 278 g/mol. The molecule has 2 unspecified atom stereocenters. The number of carbonyl (C=O) groups excluding carboxylic acids is 4. The highest BCUT2D eigenvalue weighted by atomic mass is 16.6. The monoisotopic (exact) mass is 278 g/mol. The summed E-state index contributed by atoms with van der Waals surface area (Å²) < 4.78 is 9.68. The van der Waals surface area contributed by atoms with E-state index < -0.39 is 23.9 Å². The number of ether oxygens (including phenoxy) is 2. The molecule has 6 atom stereocenters. The molecule has 4 aliphatic rings. The zero-order valence-electron chi connectivity index (χ0n) is 10.7. The van der Waals surface area contributed by atoms with Crippen LogP contribution in [-0.2, 0) is 28.7 Å². The molecule has 2 aliphatic carbocycles. The second kappa shape index (κ2) is 3.90. The van der Waals surface area contributed by atoms with Crippen LogP contribution in [-0.4, -0.2) is 23.9 Å². The second-order valence-corrected chi connectivity index (χ2v) is 6.22. The maximum atomic E-state index is 11.9. The lowest BCUT2D eigenvalue weighted by Crippen LogP contribution is -2.59. The molecule has 0 spiro atoms. The summed E-state index contributed by atoms with van der Waals surface area (Å²) in [5, 5.41) is 0. The fourth-order valence-electron chi connectivity index (χ4n) is 4.72. The molecule has 0 aromatic heterocycles. The van der Waals surface area contributed by atoms with Gasteiger partial charge in [-0.1, -0.05) is 0 Å². The Kier molecular flexibility index (Phi) is 2.35. The van der Waals surface area contributed by atoms with E-state index in [0.29, 0.717) is 25.7 Å². The van der Waals surface area contributed by atoms with E-state index in [4.69, 9.17) is 9.47 Å². The largest absolute Gasteiger partial charge is 0.393 e. The molecule has 2 heterocycles. The van der Waals surface area contributed by atoms with Gasteiger partial charge in [0.05, 0.1) is 23.7 Å². The predicted octanol–water partition coefficient (Wildman–Crippen LogP) is 0.438. The van der Waals surface area contributed by atoms with Crippen molar-refractivity contribution in [2.24, 2.45) is 35.5 Å². The molecule has 0 bridgehead atoms. The summed E-state index contributed by atoms with van der Waals surface area (Å²) in [5.74, 6) is -3.77. The summed E-state index contributed by atoms with van der Waals surface area (Å²) in [7, 11) is 0. The van der Waals surface area contributed by atoms with Crippen molar-refractivity contribution in [3.8, 4) is 0 Å². The molecule has 0 N–H and O–H groups in total. The summed E-state index contributed by atoms with van der Waals surface area (Å²) in [5.41, 5.74) is 0. The molecule has 4 rings (SSSR count). The minimum atomic E-state index is -0.485. The van der Waals surface area contributed by atoms with Gasteiger partial charge in [0.1, 0.15) is 0 Å². The van der Waals surface area contributed by atoms with Crippen molar-refractivity contribution in [3.05, 3.63) is 0 Å². The Balaban J connectivity index is 1.79. The topological polar surface area (TPSA) is 86.7 Å². The van der Waals surface area contributed by atoms with Crippen molar-refractivity contribution in [1.29, 1.82) is 0 Å². The summed E-state index contributed by atoms with van der Waals surface area (Å²) in [4.78, 5) is 47.6. The molecular formula is C14H14O6. The molecule has 0 aromatic carbocycles. The zero-order chi connectivity index (χ0) is 14.0. The summed E-state index contributed by atoms with van der Waals surface area (Å²) in [6.07, 6.45) is 2.13. The lowest BCUT2D eigenvalue weighted by Gasteiger charge is -2.52. The second-order valence-electron chi connectivity index (χ2n) is 6.22. The van der Waals surface area contributed by atoms with E-state index in [0.717, 1.165) is 0 Å². The van der Waals surface area contributed by atoms with E-state index in [1.165, 1.54) is 0 Å². The van der Waals surface area contributed by atoms with Crippen LogP contribution in [0.2, 0.25) is 0 Å². The standard InChI is InChI=1S/C14H14O6/c15-11-5-1-2-6-10-8(14(18)20-12(6)16)4-3-7(9(5)10)13(17)19-11/h5-10H,1-4H2/t5-,6-,7+,8+,9?,10?. The van der Waals surface area contributed by atoms with Crippen molar-refractivity contribution in [1.82, 2.24) is 0 Å². The third kappa shape index (κ3) is 1.39. The minimum absolute atomic E-state index is 0.224. The number of rotatable bonds is 0. The highest BCUT2D eigenvalue weighted by Gasteiger charge is 2.62. The zero-order valence-corrected chi connectivity index (χ0v) is 10.7. The lowest BCUT2D eigenvalue weighted by molar-refractivity contribution is -0.204. The van der Waals surface area contributed by atoms with Crippen LogP contribution in [0, 0.1) is 35.5 Å². The van der Waals surface area contributed by atoms with E-state index in [9.17, 15) is 19.2 Å². The van der Waals surface area contributed by atoms with Crippen LogP contribution in [0.15, 0.2) is 0 Å². The van der Waals surface area contributed by atoms with Gasteiger partial charge in [-0.05, 0) is 37.5 Å². The Morgan fingerprint density at radius 1 is 0.550 bits per heavy atom. The Morgan fingerprint density at radius 2 is 0.800 bits per heavy atom. The number of carbonyl (C=O) groups is 4. The van der Waals surface area contributed by atoms with E-state index >= 15 is 0 Å². The van der Waals surface area contributed by atoms with Gasteiger partial charge in [0.15, 0.2) is 0 Å². The van der Waals surface area contributed by atoms with Crippen molar-refractivity contribution < 1.29 is 28.7 Å². The van der Waals surface area contributed by atoms with Crippen LogP contribution in [0.5, 0.6) is 0 Å². The first-order valence-corrected chi connectivity index (χ1v) is 7.09. The fraction of sp³-hybridized carbons (Fsp3) is 0.714. The van der Waals surface area contributed by atoms with Crippen molar-refractivity contribution in [2.75, 3.05) is 0 Å². The van der Waals surface area contributed by atoms with Crippen molar-refractivity contribution >= 4 is 23.9 Å². The molecular weight excluding hydrogens is 264 g/mol.